The highest BCUT2D eigenvalue weighted by molar-refractivity contribution is 5.94. The molecule has 234 valence electrons. The Morgan fingerprint density at radius 3 is 2.49 bits per heavy atom. The molecule has 0 saturated heterocycles. The predicted molar refractivity (Wildman–Crippen MR) is 145 cm³/mol. The van der Waals surface area contributed by atoms with Gasteiger partial charge in [-0.25, -0.2) is 9.48 Å². The minimum Gasteiger partial charge on any atom is -0.483 e. The SMILES string of the molecule is CN1Cc2c(C(F)(F)F)nn(-c3cccc(C(=O)NCc4ccc5c(c4)OC(F)(F)O5)c3)c2C(Oc2ccc(C(=O)O)cc2)C1. The van der Waals surface area contributed by atoms with Crippen molar-refractivity contribution in [3.63, 3.8) is 0 Å². The molecular weight excluding hydrogens is 607 g/mol. The third-order valence-corrected chi connectivity index (χ3v) is 7.15. The monoisotopic (exact) mass is 630 g/mol. The number of likely N-dealkylation sites (N-methyl/N-ethyl adjacent to an activating group) is 1. The van der Waals surface area contributed by atoms with E-state index in [4.69, 9.17) is 4.74 Å². The number of nitrogens with one attached hydrogen (secondary N) is 1. The van der Waals surface area contributed by atoms with Gasteiger partial charge in [-0.1, -0.05) is 12.1 Å². The second-order valence-electron chi connectivity index (χ2n) is 10.4. The molecule has 2 aliphatic rings. The third-order valence-electron chi connectivity index (χ3n) is 7.15. The van der Waals surface area contributed by atoms with Crippen LogP contribution >= 0.6 is 0 Å². The minimum absolute atomic E-state index is 0.0170. The number of aromatic nitrogens is 2. The van der Waals surface area contributed by atoms with Crippen LogP contribution < -0.4 is 19.5 Å². The van der Waals surface area contributed by atoms with E-state index in [2.05, 4.69) is 19.9 Å². The topological polar surface area (TPSA) is 115 Å². The lowest BCUT2D eigenvalue weighted by molar-refractivity contribution is -0.286. The zero-order valence-electron chi connectivity index (χ0n) is 23.3. The highest BCUT2D eigenvalue weighted by atomic mass is 19.4. The second-order valence-corrected chi connectivity index (χ2v) is 10.4. The van der Waals surface area contributed by atoms with Crippen molar-refractivity contribution in [2.45, 2.75) is 31.7 Å². The summed E-state index contributed by atoms with van der Waals surface area (Å²) < 4.78 is 85.2. The number of carbonyl (C=O) groups excluding carboxylic acids is 1. The lowest BCUT2D eigenvalue weighted by atomic mass is 10.0. The molecule has 0 fully saturated rings. The number of rotatable bonds is 7. The maximum atomic E-state index is 14.2. The Balaban J connectivity index is 1.29. The predicted octanol–water partition coefficient (Wildman–Crippen LogP) is 5.41. The van der Waals surface area contributed by atoms with Gasteiger partial charge >= 0.3 is 18.4 Å². The zero-order valence-corrected chi connectivity index (χ0v) is 23.3. The lowest BCUT2D eigenvalue weighted by Crippen LogP contribution is -2.34. The van der Waals surface area contributed by atoms with Gasteiger partial charge in [0.15, 0.2) is 23.3 Å². The summed E-state index contributed by atoms with van der Waals surface area (Å²) in [6.45, 7) is 0.0610. The fraction of sp³-hybridized carbons (Fsp3) is 0.233. The van der Waals surface area contributed by atoms with E-state index in [-0.39, 0.29) is 65.0 Å². The van der Waals surface area contributed by atoms with Crippen LogP contribution in [-0.2, 0) is 19.3 Å². The number of benzene rings is 3. The molecule has 45 heavy (non-hydrogen) atoms. The average Bonchev–Trinajstić information content (AvgIpc) is 3.52. The van der Waals surface area contributed by atoms with Crippen molar-refractivity contribution in [3.05, 3.63) is 100 Å². The Morgan fingerprint density at radius 2 is 1.78 bits per heavy atom. The van der Waals surface area contributed by atoms with Crippen LogP contribution in [0.2, 0.25) is 0 Å². The summed E-state index contributed by atoms with van der Waals surface area (Å²) in [6.07, 6.45) is -9.51. The van der Waals surface area contributed by atoms with Crippen LogP contribution in [0.1, 0.15) is 49.3 Å². The largest absolute Gasteiger partial charge is 0.586 e. The molecule has 3 aromatic carbocycles. The van der Waals surface area contributed by atoms with Gasteiger partial charge in [-0.05, 0) is 67.2 Å². The van der Waals surface area contributed by atoms with Gasteiger partial charge < -0.3 is 24.6 Å². The van der Waals surface area contributed by atoms with E-state index in [9.17, 15) is 36.6 Å². The Bertz CT molecular complexity index is 1790. The quantitative estimate of drug-likeness (QED) is 0.261. The van der Waals surface area contributed by atoms with E-state index in [1.807, 2.05) is 0 Å². The molecular formula is C30H23F5N4O6. The van der Waals surface area contributed by atoms with E-state index in [0.29, 0.717) is 5.56 Å². The van der Waals surface area contributed by atoms with Gasteiger partial charge in [-0.2, -0.15) is 18.3 Å². The number of halogens is 5. The molecule has 1 unspecified atom stereocenters. The molecule has 0 aliphatic carbocycles. The first-order chi connectivity index (χ1) is 21.3. The number of fused-ring (bicyclic) bond motifs is 2. The molecule has 0 saturated carbocycles. The first-order valence-corrected chi connectivity index (χ1v) is 13.4. The molecule has 0 radical (unpaired) electrons. The van der Waals surface area contributed by atoms with Gasteiger partial charge in [-0.3, -0.25) is 9.69 Å². The zero-order chi connectivity index (χ0) is 32.1. The van der Waals surface area contributed by atoms with Crippen LogP contribution in [0.4, 0.5) is 22.0 Å². The van der Waals surface area contributed by atoms with Crippen molar-refractivity contribution < 1.29 is 50.9 Å². The summed E-state index contributed by atoms with van der Waals surface area (Å²) in [5.41, 5.74) is -0.322. The molecule has 6 rings (SSSR count). The number of carboxylic acid groups (broad SMARTS) is 1. The van der Waals surface area contributed by atoms with Crippen LogP contribution in [0.15, 0.2) is 66.7 Å². The molecule has 3 heterocycles. The number of alkyl halides is 5. The Kier molecular flexibility index (Phi) is 7.35. The van der Waals surface area contributed by atoms with Crippen molar-refractivity contribution in [2.75, 3.05) is 13.6 Å². The van der Waals surface area contributed by atoms with E-state index < -0.39 is 36.1 Å². The first kappa shape index (κ1) is 29.9. The maximum absolute atomic E-state index is 14.2. The molecule has 0 bridgehead atoms. The van der Waals surface area contributed by atoms with Gasteiger partial charge in [0.1, 0.15) is 5.75 Å². The summed E-state index contributed by atoms with van der Waals surface area (Å²) in [5, 5.41) is 15.8. The molecule has 10 nitrogen and oxygen atoms in total. The maximum Gasteiger partial charge on any atom is 0.586 e. The highest BCUT2D eigenvalue weighted by Gasteiger charge is 2.44. The lowest BCUT2D eigenvalue weighted by Gasteiger charge is -2.31. The molecule has 1 atom stereocenters. The molecule has 0 spiro atoms. The summed E-state index contributed by atoms with van der Waals surface area (Å²) in [7, 11) is 1.64. The molecule has 2 aliphatic heterocycles. The standard InChI is InChI=1S/C30H23F5N4O6/c1-38-14-21-25(24(15-38)43-20-8-6-17(7-9-20)28(41)42)39(37-26(21)29(31,32)33)19-4-2-3-18(12-19)27(40)36-13-16-5-10-22-23(11-16)45-30(34,35)44-22/h2-12,24H,13-15H2,1H3,(H,36,40)(H,41,42). The Morgan fingerprint density at radius 1 is 1.04 bits per heavy atom. The van der Waals surface area contributed by atoms with Gasteiger partial charge in [0, 0.05) is 30.8 Å². The summed E-state index contributed by atoms with van der Waals surface area (Å²) in [6, 6.07) is 15.4. The summed E-state index contributed by atoms with van der Waals surface area (Å²) in [5.74, 6) is -1.80. The van der Waals surface area contributed by atoms with E-state index in [1.165, 1.54) is 66.7 Å². The van der Waals surface area contributed by atoms with Gasteiger partial charge in [-0.15, -0.1) is 8.78 Å². The fourth-order valence-corrected chi connectivity index (χ4v) is 5.18. The van der Waals surface area contributed by atoms with Crippen molar-refractivity contribution in [3.8, 4) is 22.9 Å². The van der Waals surface area contributed by atoms with Gasteiger partial charge in [0.25, 0.3) is 5.91 Å². The molecule has 4 aromatic rings. The van der Waals surface area contributed by atoms with E-state index >= 15 is 0 Å². The molecule has 15 heteroatoms. The minimum atomic E-state index is -4.79. The van der Waals surface area contributed by atoms with Crippen molar-refractivity contribution >= 4 is 11.9 Å². The number of amides is 1. The number of hydrogen-bond donors (Lipinski definition) is 2. The Labute approximate surface area is 251 Å². The van der Waals surface area contributed by atoms with E-state index in [1.54, 1.807) is 11.9 Å². The number of hydrogen-bond acceptors (Lipinski definition) is 7. The smallest absolute Gasteiger partial charge is 0.483 e. The van der Waals surface area contributed by atoms with Gasteiger partial charge in [0.2, 0.25) is 0 Å². The van der Waals surface area contributed by atoms with Crippen LogP contribution in [0.25, 0.3) is 5.69 Å². The molecule has 2 N–H and O–H groups in total. The number of aromatic carboxylic acids is 1. The summed E-state index contributed by atoms with van der Waals surface area (Å²) >= 11 is 0. The third kappa shape index (κ3) is 6.11. The highest BCUT2D eigenvalue weighted by Crippen LogP contribution is 2.42. The van der Waals surface area contributed by atoms with Gasteiger partial charge in [0.05, 0.1) is 16.9 Å². The average molecular weight is 631 g/mol. The number of nitrogens with zero attached hydrogens (tertiary/aromatic N) is 3. The van der Waals surface area contributed by atoms with Crippen LogP contribution in [0.5, 0.6) is 17.2 Å². The van der Waals surface area contributed by atoms with Crippen molar-refractivity contribution in [1.82, 2.24) is 20.0 Å². The number of carboxylic acids is 1. The van der Waals surface area contributed by atoms with Crippen molar-refractivity contribution in [2.24, 2.45) is 0 Å². The van der Waals surface area contributed by atoms with Crippen LogP contribution in [0, 0.1) is 0 Å². The van der Waals surface area contributed by atoms with Crippen molar-refractivity contribution in [1.29, 1.82) is 0 Å². The van der Waals surface area contributed by atoms with Crippen LogP contribution in [0.3, 0.4) is 0 Å². The number of carbonyl (C=O) groups is 2. The van der Waals surface area contributed by atoms with Crippen LogP contribution in [-0.4, -0.2) is 51.6 Å². The molecule has 1 aromatic heterocycles. The number of ether oxygens (including phenoxy) is 3. The summed E-state index contributed by atoms with van der Waals surface area (Å²) in [4.78, 5) is 25.9. The second kappa shape index (κ2) is 11.1. The Hall–Kier alpha value is -5.18. The van der Waals surface area contributed by atoms with E-state index in [0.717, 1.165) is 4.68 Å². The normalized spacial score (nSPS) is 17.1. The fourth-order valence-electron chi connectivity index (χ4n) is 5.18. The molecule has 1 amide bonds. The first-order valence-electron chi connectivity index (χ1n) is 13.4.